The molecule has 0 bridgehead atoms. The van der Waals surface area contributed by atoms with E-state index in [9.17, 15) is 4.79 Å². The van der Waals surface area contributed by atoms with Crippen molar-refractivity contribution in [3.63, 3.8) is 0 Å². The van der Waals surface area contributed by atoms with Gasteiger partial charge in [0.15, 0.2) is 5.13 Å². The Morgan fingerprint density at radius 2 is 1.54 bits per heavy atom. The van der Waals surface area contributed by atoms with Crippen LogP contribution in [0.2, 0.25) is 0 Å². The molecule has 0 spiro atoms. The number of hydrogen-bond donors (Lipinski definition) is 1. The molecule has 1 heterocycles. The number of carbonyl (C=O) groups is 1. The Morgan fingerprint density at radius 3 is 2.19 bits per heavy atom. The van der Waals surface area contributed by atoms with Gasteiger partial charge in [-0.05, 0) is 53.1 Å². The second-order valence-electron chi connectivity index (χ2n) is 9.51. The number of rotatable bonds is 13. The van der Waals surface area contributed by atoms with Gasteiger partial charge in [-0.15, -0.1) is 11.3 Å². The lowest BCUT2D eigenvalue weighted by atomic mass is 10.1. The minimum Gasteiger partial charge on any atom is -0.489 e. The Bertz CT molecular complexity index is 1250. The summed E-state index contributed by atoms with van der Waals surface area (Å²) < 4.78 is 5.94. The third kappa shape index (κ3) is 8.19. The van der Waals surface area contributed by atoms with Gasteiger partial charge in [-0.2, -0.15) is 0 Å². The van der Waals surface area contributed by atoms with Crippen molar-refractivity contribution in [3.05, 3.63) is 112 Å². The Labute approximate surface area is 223 Å². The molecule has 192 valence electrons. The number of hydrogen-bond acceptors (Lipinski definition) is 5. The topological polar surface area (TPSA) is 62.7 Å². The van der Waals surface area contributed by atoms with E-state index in [0.717, 1.165) is 47.2 Å². The number of anilines is 1. The summed E-state index contributed by atoms with van der Waals surface area (Å²) in [5.74, 6) is 0.413. The Morgan fingerprint density at radius 1 is 0.892 bits per heavy atom. The largest absolute Gasteiger partial charge is 0.489 e. The number of aliphatic carboxylic acids is 1. The van der Waals surface area contributed by atoms with Gasteiger partial charge in [-0.3, -0.25) is 4.79 Å². The SMILES string of the molecule is CC(C)c1csc(N(CCc2ccccc2)Cc2ccc(COc3ccc(CCC(=O)O)cc3)cc2)n1. The van der Waals surface area contributed by atoms with E-state index < -0.39 is 5.97 Å². The van der Waals surface area contributed by atoms with Crippen molar-refractivity contribution in [2.24, 2.45) is 0 Å². The van der Waals surface area contributed by atoms with Gasteiger partial charge >= 0.3 is 5.97 Å². The summed E-state index contributed by atoms with van der Waals surface area (Å²) in [5.41, 5.74) is 5.81. The highest BCUT2D eigenvalue weighted by Gasteiger charge is 2.14. The lowest BCUT2D eigenvalue weighted by Gasteiger charge is -2.22. The monoisotopic (exact) mass is 514 g/mol. The number of ether oxygens (including phenoxy) is 1. The molecule has 5 nitrogen and oxygen atoms in total. The van der Waals surface area contributed by atoms with Gasteiger partial charge in [0.05, 0.1) is 5.69 Å². The average Bonchev–Trinajstić information content (AvgIpc) is 3.41. The fourth-order valence-corrected chi connectivity index (χ4v) is 4.98. The minimum atomic E-state index is -0.782. The molecule has 6 heteroatoms. The molecule has 0 saturated heterocycles. The smallest absolute Gasteiger partial charge is 0.303 e. The molecule has 0 atom stereocenters. The molecule has 37 heavy (non-hydrogen) atoms. The molecule has 0 unspecified atom stereocenters. The van der Waals surface area contributed by atoms with Crippen LogP contribution in [-0.2, 0) is 30.8 Å². The van der Waals surface area contributed by atoms with Crippen LogP contribution in [0.5, 0.6) is 5.75 Å². The van der Waals surface area contributed by atoms with Gasteiger partial charge in [0.1, 0.15) is 12.4 Å². The Kier molecular flexibility index (Phi) is 9.33. The summed E-state index contributed by atoms with van der Waals surface area (Å²) in [6, 6.07) is 26.8. The van der Waals surface area contributed by atoms with Crippen LogP contribution in [0.3, 0.4) is 0 Å². The molecule has 0 aliphatic carbocycles. The average molecular weight is 515 g/mol. The molecule has 0 radical (unpaired) electrons. The van der Waals surface area contributed by atoms with E-state index in [1.807, 2.05) is 24.3 Å². The first-order valence-electron chi connectivity index (χ1n) is 12.7. The Hall–Kier alpha value is -3.64. The molecule has 0 amide bonds. The summed E-state index contributed by atoms with van der Waals surface area (Å²) in [6.07, 6.45) is 1.63. The zero-order chi connectivity index (χ0) is 26.0. The number of thiazole rings is 1. The van der Waals surface area contributed by atoms with Crippen LogP contribution in [0.4, 0.5) is 5.13 Å². The molecule has 0 fully saturated rings. The summed E-state index contributed by atoms with van der Waals surface area (Å²) in [6.45, 7) is 6.56. The fraction of sp³-hybridized carbons (Fsp3) is 0.290. The molecule has 4 rings (SSSR count). The van der Waals surface area contributed by atoms with Gasteiger partial charge in [0.25, 0.3) is 0 Å². The van der Waals surface area contributed by atoms with Gasteiger partial charge in [0.2, 0.25) is 0 Å². The maximum Gasteiger partial charge on any atom is 0.303 e. The highest BCUT2D eigenvalue weighted by Crippen LogP contribution is 2.27. The second-order valence-corrected chi connectivity index (χ2v) is 10.3. The summed E-state index contributed by atoms with van der Waals surface area (Å²) >= 11 is 1.72. The Balaban J connectivity index is 1.36. The number of carboxylic acids is 1. The third-order valence-corrected chi connectivity index (χ3v) is 7.16. The number of aromatic nitrogens is 1. The lowest BCUT2D eigenvalue weighted by molar-refractivity contribution is -0.136. The van der Waals surface area contributed by atoms with E-state index in [1.54, 1.807) is 11.3 Å². The van der Waals surface area contributed by atoms with Crippen LogP contribution in [0.15, 0.2) is 84.2 Å². The van der Waals surface area contributed by atoms with Gasteiger partial charge < -0.3 is 14.7 Å². The standard InChI is InChI=1S/C31H34N2O3S/c1-23(2)29-22-37-31(32-29)33(19-18-24-6-4-3-5-7-24)20-26-8-10-27(11-9-26)21-36-28-15-12-25(13-16-28)14-17-30(34)35/h3-13,15-16,22-23H,14,17-21H2,1-2H3,(H,34,35). The summed E-state index contributed by atoms with van der Waals surface area (Å²) in [4.78, 5) is 18.0. The van der Waals surface area contributed by atoms with Gasteiger partial charge in [0, 0.05) is 24.9 Å². The van der Waals surface area contributed by atoms with Crippen molar-refractivity contribution in [3.8, 4) is 5.75 Å². The summed E-state index contributed by atoms with van der Waals surface area (Å²) in [5, 5.41) is 12.1. The predicted octanol–water partition coefficient (Wildman–Crippen LogP) is 7.11. The third-order valence-electron chi connectivity index (χ3n) is 6.24. The summed E-state index contributed by atoms with van der Waals surface area (Å²) in [7, 11) is 0. The maximum absolute atomic E-state index is 10.7. The van der Waals surface area contributed by atoms with Crippen molar-refractivity contribution in [1.29, 1.82) is 0 Å². The van der Waals surface area contributed by atoms with Gasteiger partial charge in [-0.25, -0.2) is 4.98 Å². The van der Waals surface area contributed by atoms with E-state index in [2.05, 4.69) is 78.7 Å². The zero-order valence-electron chi connectivity index (χ0n) is 21.5. The maximum atomic E-state index is 10.7. The fourth-order valence-electron chi connectivity index (χ4n) is 3.97. The first-order chi connectivity index (χ1) is 18.0. The molecule has 0 saturated carbocycles. The van der Waals surface area contributed by atoms with Crippen LogP contribution in [0.25, 0.3) is 0 Å². The second kappa shape index (κ2) is 13.1. The highest BCUT2D eigenvalue weighted by molar-refractivity contribution is 7.13. The zero-order valence-corrected chi connectivity index (χ0v) is 22.3. The van der Waals surface area contributed by atoms with Crippen LogP contribution in [0, 0.1) is 0 Å². The normalized spacial score (nSPS) is 11.0. The first-order valence-corrected chi connectivity index (χ1v) is 13.6. The minimum absolute atomic E-state index is 0.137. The molecule has 0 aliphatic heterocycles. The van der Waals surface area contributed by atoms with Crippen molar-refractivity contribution in [2.45, 2.75) is 52.2 Å². The van der Waals surface area contributed by atoms with Crippen molar-refractivity contribution in [2.75, 3.05) is 11.4 Å². The van der Waals surface area contributed by atoms with Crippen LogP contribution in [0.1, 0.15) is 54.1 Å². The number of aryl methyl sites for hydroxylation is 1. The number of carboxylic acid groups (broad SMARTS) is 1. The van der Waals surface area contributed by atoms with E-state index in [4.69, 9.17) is 14.8 Å². The molecular formula is C31H34N2O3S. The molecule has 0 aliphatic rings. The lowest BCUT2D eigenvalue weighted by Crippen LogP contribution is -2.25. The van der Waals surface area contributed by atoms with Crippen molar-refractivity contribution >= 4 is 22.4 Å². The molecule has 3 aromatic carbocycles. The van der Waals surface area contributed by atoms with Crippen LogP contribution in [-0.4, -0.2) is 22.6 Å². The highest BCUT2D eigenvalue weighted by atomic mass is 32.1. The van der Waals surface area contributed by atoms with Crippen LogP contribution >= 0.6 is 11.3 Å². The van der Waals surface area contributed by atoms with Gasteiger partial charge in [-0.1, -0.05) is 80.6 Å². The van der Waals surface area contributed by atoms with Crippen molar-refractivity contribution in [1.82, 2.24) is 4.98 Å². The molecular weight excluding hydrogens is 480 g/mol. The predicted molar refractivity (Wildman–Crippen MR) is 151 cm³/mol. The van der Waals surface area contributed by atoms with E-state index >= 15 is 0 Å². The first kappa shape index (κ1) is 26.4. The number of benzene rings is 3. The van der Waals surface area contributed by atoms with E-state index in [1.165, 1.54) is 11.1 Å². The van der Waals surface area contributed by atoms with E-state index in [0.29, 0.717) is 18.9 Å². The molecule has 4 aromatic rings. The molecule has 1 aromatic heterocycles. The van der Waals surface area contributed by atoms with Crippen LogP contribution < -0.4 is 9.64 Å². The van der Waals surface area contributed by atoms with Crippen molar-refractivity contribution < 1.29 is 14.6 Å². The van der Waals surface area contributed by atoms with E-state index in [-0.39, 0.29) is 6.42 Å². The quantitative estimate of drug-likeness (QED) is 0.206. The number of nitrogens with zero attached hydrogens (tertiary/aromatic N) is 2. The molecule has 1 N–H and O–H groups in total.